The third-order valence-corrected chi connectivity index (χ3v) is 12.9. The third kappa shape index (κ3) is 3.17. The Balaban J connectivity index is 2.50. The van der Waals surface area contributed by atoms with Gasteiger partial charge in [0.15, 0.2) is 0 Å². The van der Waals surface area contributed by atoms with Crippen molar-refractivity contribution in [2.24, 2.45) is 5.92 Å². The normalized spacial score (nSPS) is 25.1. The van der Waals surface area contributed by atoms with Gasteiger partial charge >= 0.3 is 0 Å². The lowest BCUT2D eigenvalue weighted by atomic mass is 9.99. The van der Waals surface area contributed by atoms with Gasteiger partial charge in [0, 0.05) is 0 Å². The van der Waals surface area contributed by atoms with Crippen molar-refractivity contribution in [1.29, 1.82) is 0 Å². The van der Waals surface area contributed by atoms with Crippen molar-refractivity contribution >= 4 is 8.32 Å². The number of benzene rings is 1. The van der Waals surface area contributed by atoms with Gasteiger partial charge in [-0.3, -0.25) is 0 Å². The van der Waals surface area contributed by atoms with Crippen molar-refractivity contribution in [2.45, 2.75) is 90.5 Å². The molecule has 2 rings (SSSR count). The second-order valence-electron chi connectivity index (χ2n) is 9.84. The van der Waals surface area contributed by atoms with E-state index in [0.717, 1.165) is 0 Å². The highest BCUT2D eigenvalue weighted by atomic mass is 28.4. The van der Waals surface area contributed by atoms with Crippen molar-refractivity contribution in [3.8, 4) is 0 Å². The fourth-order valence-corrected chi connectivity index (χ4v) is 12.6. The minimum atomic E-state index is -1.99. The molecule has 1 heterocycles. The number of aryl methyl sites for hydroxylation is 1. The van der Waals surface area contributed by atoms with Crippen LogP contribution in [-0.4, -0.2) is 8.32 Å². The Hall–Kier alpha value is -0.603. The molecule has 0 aromatic heterocycles. The second-order valence-corrected chi connectivity index (χ2v) is 15.3. The molecule has 23 heavy (non-hydrogen) atoms. The second kappa shape index (κ2) is 6.04. The molecule has 130 valence electrons. The summed E-state index contributed by atoms with van der Waals surface area (Å²) in [6, 6.07) is 8.98. The fraction of sp³-hybridized carbons (Fsp3) is 0.714. The summed E-state index contributed by atoms with van der Waals surface area (Å²) in [7, 11) is -1.99. The highest BCUT2D eigenvalue weighted by Crippen LogP contribution is 2.66. The number of hydrogen-bond acceptors (Lipinski definition) is 1. The molecule has 1 saturated heterocycles. The molecule has 2 heteroatoms. The predicted octanol–water partition coefficient (Wildman–Crippen LogP) is 7.03. The molecule has 1 aliphatic heterocycles. The summed E-state index contributed by atoms with van der Waals surface area (Å²) < 4.78 is 7.12. The molecule has 1 aromatic rings. The maximum Gasteiger partial charge on any atom is 0.207 e. The van der Waals surface area contributed by atoms with Crippen molar-refractivity contribution in [1.82, 2.24) is 0 Å². The average Bonchev–Trinajstić information content (AvgIpc) is 2.80. The van der Waals surface area contributed by atoms with Crippen molar-refractivity contribution in [2.75, 3.05) is 0 Å². The lowest BCUT2D eigenvalue weighted by Gasteiger charge is -2.52. The van der Waals surface area contributed by atoms with Crippen LogP contribution in [-0.2, 0) is 4.43 Å². The van der Waals surface area contributed by atoms with E-state index in [1.54, 1.807) is 0 Å². The fourth-order valence-electron chi connectivity index (χ4n) is 5.07. The monoisotopic (exact) mass is 332 g/mol. The van der Waals surface area contributed by atoms with E-state index in [1.165, 1.54) is 17.5 Å². The van der Waals surface area contributed by atoms with Crippen molar-refractivity contribution < 1.29 is 4.43 Å². The van der Waals surface area contributed by atoms with Gasteiger partial charge in [0.2, 0.25) is 8.32 Å². The zero-order valence-corrected chi connectivity index (χ0v) is 17.7. The average molecular weight is 333 g/mol. The predicted molar refractivity (Wildman–Crippen MR) is 103 cm³/mol. The SMILES string of the molecule is Cc1ccc(C2C[C@@H](C(C)C)[Si](C(C)(C)C)(C(C)(C)C)O2)cc1. The van der Waals surface area contributed by atoms with Gasteiger partial charge in [-0.15, -0.1) is 0 Å². The molecule has 0 N–H and O–H groups in total. The molecular formula is C21H36OSi. The van der Waals surface area contributed by atoms with Crippen LogP contribution in [0.2, 0.25) is 15.6 Å². The van der Waals surface area contributed by atoms with Gasteiger partial charge < -0.3 is 4.43 Å². The Morgan fingerprint density at radius 2 is 1.43 bits per heavy atom. The summed E-state index contributed by atoms with van der Waals surface area (Å²) >= 11 is 0. The molecule has 0 spiro atoms. The summed E-state index contributed by atoms with van der Waals surface area (Å²) in [5.74, 6) is 0.676. The van der Waals surface area contributed by atoms with E-state index in [9.17, 15) is 0 Å². The van der Waals surface area contributed by atoms with Crippen LogP contribution in [0.1, 0.15) is 79.0 Å². The van der Waals surface area contributed by atoms with E-state index >= 15 is 0 Å². The van der Waals surface area contributed by atoms with Crippen LogP contribution in [0.15, 0.2) is 24.3 Å². The summed E-state index contributed by atoms with van der Waals surface area (Å²) in [6.45, 7) is 21.4. The molecule has 1 unspecified atom stereocenters. The first-order valence-electron chi connectivity index (χ1n) is 9.14. The van der Waals surface area contributed by atoms with Crippen LogP contribution in [0.5, 0.6) is 0 Å². The highest BCUT2D eigenvalue weighted by molar-refractivity contribution is 6.81. The first-order chi connectivity index (χ1) is 10.4. The molecule has 2 atom stereocenters. The lowest BCUT2D eigenvalue weighted by Crippen LogP contribution is -2.56. The minimum absolute atomic E-state index is 0.236. The van der Waals surface area contributed by atoms with E-state index in [-0.39, 0.29) is 16.2 Å². The first-order valence-corrected chi connectivity index (χ1v) is 11.1. The summed E-state index contributed by atoms with van der Waals surface area (Å²) in [6.07, 6.45) is 1.45. The van der Waals surface area contributed by atoms with Crippen molar-refractivity contribution in [3.05, 3.63) is 35.4 Å². The maximum absolute atomic E-state index is 7.12. The van der Waals surface area contributed by atoms with Gasteiger partial charge in [-0.05, 0) is 40.4 Å². The minimum Gasteiger partial charge on any atom is -0.409 e. The molecule has 1 nitrogen and oxygen atoms in total. The Morgan fingerprint density at radius 3 is 1.78 bits per heavy atom. The largest absolute Gasteiger partial charge is 0.409 e. The first kappa shape index (κ1) is 18.7. The maximum atomic E-state index is 7.12. The van der Waals surface area contributed by atoms with Gasteiger partial charge in [0.25, 0.3) is 0 Å². The third-order valence-electron chi connectivity index (χ3n) is 5.80. The standard InChI is InChI=1S/C21H36OSi/c1-15(2)19-14-18(17-12-10-16(3)11-13-17)22-23(19,20(4,5)6)21(7,8)9/h10-13,15,18-19H,14H2,1-9H3/t18?,19-/m0/s1. The molecule has 1 aliphatic rings. The van der Waals surface area contributed by atoms with Crippen LogP contribution in [0, 0.1) is 12.8 Å². The summed E-state index contributed by atoms with van der Waals surface area (Å²) in [5.41, 5.74) is 3.39. The lowest BCUT2D eigenvalue weighted by molar-refractivity contribution is 0.201. The van der Waals surface area contributed by atoms with Gasteiger partial charge in [0.1, 0.15) is 0 Å². The Morgan fingerprint density at radius 1 is 0.957 bits per heavy atom. The van der Waals surface area contributed by atoms with Crippen LogP contribution in [0.4, 0.5) is 0 Å². The highest BCUT2D eigenvalue weighted by Gasteiger charge is 2.64. The van der Waals surface area contributed by atoms with Crippen LogP contribution in [0.25, 0.3) is 0 Å². The molecule has 0 radical (unpaired) electrons. The van der Waals surface area contributed by atoms with Crippen molar-refractivity contribution in [3.63, 3.8) is 0 Å². The molecule has 0 aliphatic carbocycles. The summed E-state index contributed by atoms with van der Waals surface area (Å²) in [4.78, 5) is 0. The smallest absolute Gasteiger partial charge is 0.207 e. The summed E-state index contributed by atoms with van der Waals surface area (Å²) in [5, 5.41) is 0.471. The Bertz CT molecular complexity index is 516. The Labute approximate surface area is 145 Å². The number of hydrogen-bond donors (Lipinski definition) is 0. The molecule has 0 amide bonds. The van der Waals surface area contributed by atoms with E-state index in [1.807, 2.05) is 0 Å². The van der Waals surface area contributed by atoms with Gasteiger partial charge in [-0.2, -0.15) is 0 Å². The number of rotatable bonds is 2. The zero-order valence-electron chi connectivity index (χ0n) is 16.7. The molecular weight excluding hydrogens is 296 g/mol. The quantitative estimate of drug-likeness (QED) is 0.528. The van der Waals surface area contributed by atoms with E-state index < -0.39 is 8.32 Å². The zero-order chi connectivity index (χ0) is 17.6. The van der Waals surface area contributed by atoms with E-state index in [4.69, 9.17) is 4.43 Å². The van der Waals surface area contributed by atoms with Gasteiger partial charge in [-0.1, -0.05) is 85.2 Å². The van der Waals surface area contributed by atoms with Gasteiger partial charge in [-0.25, -0.2) is 0 Å². The van der Waals surface area contributed by atoms with Gasteiger partial charge in [0.05, 0.1) is 6.10 Å². The Kier molecular flexibility index (Phi) is 4.92. The van der Waals surface area contributed by atoms with Crippen LogP contribution in [0.3, 0.4) is 0 Å². The van der Waals surface area contributed by atoms with Crippen LogP contribution < -0.4 is 0 Å². The van der Waals surface area contributed by atoms with Crippen LogP contribution >= 0.6 is 0 Å². The topological polar surface area (TPSA) is 9.23 Å². The van der Waals surface area contributed by atoms with E-state index in [0.29, 0.717) is 11.5 Å². The molecule has 1 aromatic carbocycles. The molecule has 1 fully saturated rings. The molecule has 0 bridgehead atoms. The van der Waals surface area contributed by atoms with E-state index in [2.05, 4.69) is 86.6 Å². The molecule has 0 saturated carbocycles.